The van der Waals surface area contributed by atoms with Crippen LogP contribution in [0, 0.1) is 6.92 Å². The maximum atomic E-state index is 12.7. The van der Waals surface area contributed by atoms with E-state index in [1.807, 2.05) is 49.4 Å². The van der Waals surface area contributed by atoms with Crippen molar-refractivity contribution in [1.29, 1.82) is 0 Å². The molecule has 0 bridgehead atoms. The first-order chi connectivity index (χ1) is 13.1. The average molecular weight is 378 g/mol. The number of thioether (sulfide) groups is 1. The van der Waals surface area contributed by atoms with E-state index < -0.39 is 0 Å². The lowest BCUT2D eigenvalue weighted by Crippen LogP contribution is -2.20. The van der Waals surface area contributed by atoms with Crippen molar-refractivity contribution >= 4 is 35.1 Å². The highest BCUT2D eigenvalue weighted by Crippen LogP contribution is 2.32. The molecule has 7 heteroatoms. The van der Waals surface area contributed by atoms with Gasteiger partial charge in [-0.1, -0.05) is 30.3 Å². The van der Waals surface area contributed by atoms with Gasteiger partial charge in [-0.15, -0.1) is 11.8 Å². The largest absolute Gasteiger partial charge is 0.324 e. The van der Waals surface area contributed by atoms with Crippen LogP contribution in [0.2, 0.25) is 0 Å². The maximum absolute atomic E-state index is 12.7. The van der Waals surface area contributed by atoms with Gasteiger partial charge >= 0.3 is 0 Å². The van der Waals surface area contributed by atoms with Crippen LogP contribution in [0.25, 0.3) is 0 Å². The third-order valence-corrected chi connectivity index (χ3v) is 5.27. The van der Waals surface area contributed by atoms with Crippen molar-refractivity contribution in [3.8, 4) is 0 Å². The van der Waals surface area contributed by atoms with Gasteiger partial charge in [0.15, 0.2) is 0 Å². The molecule has 0 aliphatic carbocycles. The molecule has 0 saturated heterocycles. The summed E-state index contributed by atoms with van der Waals surface area (Å²) in [5, 5.41) is 10.2. The van der Waals surface area contributed by atoms with E-state index in [0.29, 0.717) is 29.4 Å². The Morgan fingerprint density at radius 3 is 2.85 bits per heavy atom. The quantitative estimate of drug-likeness (QED) is 0.728. The van der Waals surface area contributed by atoms with E-state index in [4.69, 9.17) is 0 Å². The number of carbonyl (C=O) groups is 2. The van der Waals surface area contributed by atoms with Crippen molar-refractivity contribution in [2.24, 2.45) is 0 Å². The minimum Gasteiger partial charge on any atom is -0.324 e. The molecule has 4 rings (SSSR count). The monoisotopic (exact) mass is 378 g/mol. The average Bonchev–Trinajstić information content (AvgIpc) is 3.00. The molecular weight excluding hydrogens is 360 g/mol. The molecule has 0 fully saturated rings. The lowest BCUT2D eigenvalue weighted by atomic mass is 10.2. The Morgan fingerprint density at radius 1 is 1.22 bits per heavy atom. The molecule has 0 atom stereocenters. The number of benzene rings is 2. The van der Waals surface area contributed by atoms with Gasteiger partial charge < -0.3 is 10.6 Å². The molecule has 1 aliphatic rings. The van der Waals surface area contributed by atoms with Gasteiger partial charge in [-0.2, -0.15) is 5.10 Å². The number of hydrogen-bond acceptors (Lipinski definition) is 4. The number of hydrogen-bond donors (Lipinski definition) is 2. The van der Waals surface area contributed by atoms with Crippen LogP contribution >= 0.6 is 11.8 Å². The highest BCUT2D eigenvalue weighted by molar-refractivity contribution is 8.00. The summed E-state index contributed by atoms with van der Waals surface area (Å²) in [6.07, 6.45) is 0. The first kappa shape index (κ1) is 17.4. The summed E-state index contributed by atoms with van der Waals surface area (Å²) < 4.78 is 1.78. The molecule has 2 aromatic carbocycles. The summed E-state index contributed by atoms with van der Waals surface area (Å²) in [6, 6.07) is 17.1. The van der Waals surface area contributed by atoms with Crippen molar-refractivity contribution in [2.75, 3.05) is 16.4 Å². The van der Waals surface area contributed by atoms with Crippen LogP contribution in [0.1, 0.15) is 21.6 Å². The molecule has 6 nitrogen and oxygen atoms in total. The van der Waals surface area contributed by atoms with E-state index >= 15 is 0 Å². The Labute approximate surface area is 161 Å². The third-order valence-electron chi connectivity index (χ3n) is 4.19. The molecular formula is C20H18N4O2S. The van der Waals surface area contributed by atoms with Gasteiger partial charge in [0.2, 0.25) is 5.91 Å². The van der Waals surface area contributed by atoms with Gasteiger partial charge in [0.1, 0.15) is 5.82 Å². The first-order valence-electron chi connectivity index (χ1n) is 8.55. The van der Waals surface area contributed by atoms with Crippen LogP contribution in [0.4, 0.5) is 11.5 Å². The molecule has 2 heterocycles. The van der Waals surface area contributed by atoms with Gasteiger partial charge in [0.25, 0.3) is 5.91 Å². The predicted octanol–water partition coefficient (Wildman–Crippen LogP) is 3.54. The Hall–Kier alpha value is -3.06. The number of nitrogens with zero attached hydrogens (tertiary/aromatic N) is 2. The lowest BCUT2D eigenvalue weighted by Gasteiger charge is -2.17. The van der Waals surface area contributed by atoms with E-state index in [0.717, 1.165) is 16.2 Å². The van der Waals surface area contributed by atoms with E-state index in [1.54, 1.807) is 16.8 Å². The minimum absolute atomic E-state index is 0.0541. The molecule has 27 heavy (non-hydrogen) atoms. The van der Waals surface area contributed by atoms with Crippen molar-refractivity contribution in [1.82, 2.24) is 9.78 Å². The zero-order valence-electron chi connectivity index (χ0n) is 14.7. The number of aromatic nitrogens is 2. The molecule has 1 aromatic heterocycles. The molecule has 2 N–H and O–H groups in total. The zero-order valence-corrected chi connectivity index (χ0v) is 15.5. The second-order valence-corrected chi connectivity index (χ2v) is 7.33. The summed E-state index contributed by atoms with van der Waals surface area (Å²) in [5.41, 5.74) is 3.10. The molecule has 0 saturated carbocycles. The number of carbonyl (C=O) groups excluding carboxylic acids is 2. The van der Waals surface area contributed by atoms with Gasteiger partial charge in [-0.05, 0) is 30.7 Å². The van der Waals surface area contributed by atoms with Crippen LogP contribution < -0.4 is 10.6 Å². The zero-order chi connectivity index (χ0) is 18.8. The summed E-state index contributed by atoms with van der Waals surface area (Å²) >= 11 is 1.47. The van der Waals surface area contributed by atoms with E-state index in [1.165, 1.54) is 11.8 Å². The van der Waals surface area contributed by atoms with E-state index in [-0.39, 0.29) is 11.8 Å². The van der Waals surface area contributed by atoms with Crippen LogP contribution in [0.3, 0.4) is 0 Å². The summed E-state index contributed by atoms with van der Waals surface area (Å²) in [4.78, 5) is 25.3. The fraction of sp³-hybridized carbons (Fsp3) is 0.150. The SMILES string of the molecule is Cc1cc(NC(=O)c2ccc3c(c2)NC(=O)CS3)n(Cc2ccccc2)n1. The summed E-state index contributed by atoms with van der Waals surface area (Å²) in [7, 11) is 0. The third kappa shape index (κ3) is 3.88. The van der Waals surface area contributed by atoms with E-state index in [9.17, 15) is 9.59 Å². The highest BCUT2D eigenvalue weighted by Gasteiger charge is 2.18. The predicted molar refractivity (Wildman–Crippen MR) is 106 cm³/mol. The van der Waals surface area contributed by atoms with Gasteiger partial charge in [0.05, 0.1) is 23.7 Å². The molecule has 136 valence electrons. The second kappa shape index (κ2) is 7.28. The Kier molecular flexibility index (Phi) is 4.68. The number of fused-ring (bicyclic) bond motifs is 1. The fourth-order valence-electron chi connectivity index (χ4n) is 2.94. The standard InChI is InChI=1S/C20H18N4O2S/c1-13-9-18(24(23-13)11-14-5-3-2-4-6-14)22-20(26)15-7-8-17-16(10-15)21-19(25)12-27-17/h2-10H,11-12H2,1H3,(H,21,25)(H,22,26). The molecule has 1 aliphatic heterocycles. The Bertz CT molecular complexity index is 1010. The molecule has 0 spiro atoms. The lowest BCUT2D eigenvalue weighted by molar-refractivity contribution is -0.113. The van der Waals surface area contributed by atoms with Gasteiger partial charge in [0, 0.05) is 16.5 Å². The van der Waals surface area contributed by atoms with Crippen molar-refractivity contribution < 1.29 is 9.59 Å². The van der Waals surface area contributed by atoms with E-state index in [2.05, 4.69) is 15.7 Å². The number of amides is 2. The second-order valence-electron chi connectivity index (χ2n) is 6.32. The number of nitrogens with one attached hydrogen (secondary N) is 2. The molecule has 0 unspecified atom stereocenters. The van der Waals surface area contributed by atoms with Crippen molar-refractivity contribution in [2.45, 2.75) is 18.4 Å². The van der Waals surface area contributed by atoms with Crippen LogP contribution in [0.15, 0.2) is 59.5 Å². The fourth-order valence-corrected chi connectivity index (χ4v) is 3.72. The molecule has 3 aromatic rings. The number of aryl methyl sites for hydroxylation is 1. The van der Waals surface area contributed by atoms with Crippen molar-refractivity contribution in [3.63, 3.8) is 0 Å². The van der Waals surface area contributed by atoms with Crippen LogP contribution in [-0.4, -0.2) is 27.3 Å². The maximum Gasteiger partial charge on any atom is 0.256 e. The molecule has 2 amide bonds. The van der Waals surface area contributed by atoms with Crippen molar-refractivity contribution in [3.05, 3.63) is 71.4 Å². The van der Waals surface area contributed by atoms with Crippen LogP contribution in [-0.2, 0) is 11.3 Å². The van der Waals surface area contributed by atoms with Gasteiger partial charge in [-0.3, -0.25) is 9.59 Å². The number of rotatable bonds is 4. The Balaban J connectivity index is 1.55. The van der Waals surface area contributed by atoms with Crippen LogP contribution in [0.5, 0.6) is 0 Å². The number of anilines is 2. The smallest absolute Gasteiger partial charge is 0.256 e. The van der Waals surface area contributed by atoms with Gasteiger partial charge in [-0.25, -0.2) is 4.68 Å². The normalized spacial score (nSPS) is 13.0. The summed E-state index contributed by atoms with van der Waals surface area (Å²) in [6.45, 7) is 2.46. The minimum atomic E-state index is -0.239. The molecule has 0 radical (unpaired) electrons. The Morgan fingerprint density at radius 2 is 2.04 bits per heavy atom. The first-order valence-corrected chi connectivity index (χ1v) is 9.53. The summed E-state index contributed by atoms with van der Waals surface area (Å²) in [5.74, 6) is 0.743. The topological polar surface area (TPSA) is 76.0 Å². The highest BCUT2D eigenvalue weighted by atomic mass is 32.2.